The van der Waals surface area contributed by atoms with Crippen molar-refractivity contribution in [1.29, 1.82) is 0 Å². The molecule has 2 aromatic carbocycles. The fourth-order valence-electron chi connectivity index (χ4n) is 2.34. The van der Waals surface area contributed by atoms with Crippen LogP contribution < -0.4 is 11.5 Å². The van der Waals surface area contributed by atoms with Crippen molar-refractivity contribution < 1.29 is 0 Å². The third kappa shape index (κ3) is 1.34. The lowest BCUT2D eigenvalue weighted by molar-refractivity contribution is 1.36. The first-order valence-corrected chi connectivity index (χ1v) is 5.93. The van der Waals surface area contributed by atoms with E-state index in [0.29, 0.717) is 11.4 Å². The van der Waals surface area contributed by atoms with Crippen LogP contribution in [0.15, 0.2) is 30.3 Å². The number of aromatic nitrogens is 1. The van der Waals surface area contributed by atoms with Gasteiger partial charge >= 0.3 is 0 Å². The molecule has 3 nitrogen and oxygen atoms in total. The molecular formula is C15H15N3. The number of nitrogens with two attached hydrogens (primary N) is 2. The molecule has 0 saturated carbocycles. The minimum atomic E-state index is 0.582. The first-order chi connectivity index (χ1) is 8.59. The van der Waals surface area contributed by atoms with E-state index in [9.17, 15) is 0 Å². The summed E-state index contributed by atoms with van der Waals surface area (Å²) in [4.78, 5) is 4.64. The highest BCUT2D eigenvalue weighted by atomic mass is 14.8. The summed E-state index contributed by atoms with van der Waals surface area (Å²) in [6, 6.07) is 10.2. The molecule has 1 aromatic heterocycles. The van der Waals surface area contributed by atoms with Gasteiger partial charge in [0.2, 0.25) is 0 Å². The normalized spacial score (nSPS) is 11.2. The molecule has 0 amide bonds. The molecule has 0 saturated heterocycles. The Kier molecular flexibility index (Phi) is 2.17. The lowest BCUT2D eigenvalue weighted by Crippen LogP contribution is -2.02. The molecule has 3 heteroatoms. The topological polar surface area (TPSA) is 64.9 Å². The van der Waals surface area contributed by atoms with E-state index in [1.54, 1.807) is 0 Å². The van der Waals surface area contributed by atoms with Gasteiger partial charge in [0.1, 0.15) is 0 Å². The van der Waals surface area contributed by atoms with Crippen molar-refractivity contribution in [1.82, 2.24) is 4.98 Å². The number of fused-ring (bicyclic) bond motifs is 2. The highest BCUT2D eigenvalue weighted by Gasteiger charge is 2.12. The van der Waals surface area contributed by atoms with Crippen LogP contribution in [-0.2, 0) is 0 Å². The molecule has 18 heavy (non-hydrogen) atoms. The predicted molar refractivity (Wildman–Crippen MR) is 77.5 cm³/mol. The van der Waals surface area contributed by atoms with Gasteiger partial charge in [-0.25, -0.2) is 4.98 Å². The number of nitrogen functional groups attached to an aromatic ring is 2. The highest BCUT2D eigenvalue weighted by molar-refractivity contribution is 6.04. The van der Waals surface area contributed by atoms with Crippen molar-refractivity contribution in [3.8, 4) is 0 Å². The number of anilines is 2. The fourth-order valence-corrected chi connectivity index (χ4v) is 2.34. The smallest absolute Gasteiger partial charge is 0.0963 e. The summed E-state index contributed by atoms with van der Waals surface area (Å²) in [5, 5.41) is 2.20. The molecule has 0 unspecified atom stereocenters. The monoisotopic (exact) mass is 237 g/mol. The Labute approximate surface area is 105 Å². The molecule has 0 aliphatic rings. The number of benzene rings is 2. The van der Waals surface area contributed by atoms with Crippen LogP contribution in [0.3, 0.4) is 0 Å². The van der Waals surface area contributed by atoms with Gasteiger partial charge in [0.05, 0.1) is 22.4 Å². The lowest BCUT2D eigenvalue weighted by Gasteiger charge is -2.13. The van der Waals surface area contributed by atoms with Crippen LogP contribution in [0, 0.1) is 13.8 Å². The molecule has 4 N–H and O–H groups in total. The van der Waals surface area contributed by atoms with E-state index < -0.39 is 0 Å². The summed E-state index contributed by atoms with van der Waals surface area (Å²) in [7, 11) is 0. The van der Waals surface area contributed by atoms with E-state index in [4.69, 9.17) is 11.5 Å². The molecule has 0 spiro atoms. The Bertz CT molecular complexity index is 710. The summed E-state index contributed by atoms with van der Waals surface area (Å²) in [5.41, 5.74) is 17.3. The van der Waals surface area contributed by atoms with Gasteiger partial charge in [-0.15, -0.1) is 0 Å². The van der Waals surface area contributed by atoms with Crippen LogP contribution in [0.4, 0.5) is 11.4 Å². The second kappa shape index (κ2) is 3.60. The Balaban J connectivity index is 2.58. The van der Waals surface area contributed by atoms with Crippen molar-refractivity contribution in [2.75, 3.05) is 11.5 Å². The molecule has 0 fully saturated rings. The molecule has 1 heterocycles. The number of nitrogens with zero attached hydrogens (tertiary/aromatic N) is 1. The second-order valence-corrected chi connectivity index (χ2v) is 4.65. The molecule has 90 valence electrons. The minimum absolute atomic E-state index is 0.582. The Morgan fingerprint density at radius 3 is 2.44 bits per heavy atom. The number of hydrogen-bond donors (Lipinski definition) is 2. The van der Waals surface area contributed by atoms with E-state index in [1.807, 2.05) is 25.1 Å². The number of rotatable bonds is 0. The van der Waals surface area contributed by atoms with Gasteiger partial charge in [-0.1, -0.05) is 18.2 Å². The quantitative estimate of drug-likeness (QED) is 0.466. The summed E-state index contributed by atoms with van der Waals surface area (Å²) in [6.07, 6.45) is 0. The van der Waals surface area contributed by atoms with E-state index in [-0.39, 0.29) is 0 Å². The molecule has 0 radical (unpaired) electrons. The van der Waals surface area contributed by atoms with Crippen LogP contribution in [0.5, 0.6) is 0 Å². The largest absolute Gasteiger partial charge is 0.397 e. The molecule has 0 aliphatic heterocycles. The van der Waals surface area contributed by atoms with E-state index in [0.717, 1.165) is 32.9 Å². The summed E-state index contributed by atoms with van der Waals surface area (Å²) >= 11 is 0. The molecule has 3 rings (SSSR count). The Morgan fingerprint density at radius 2 is 1.67 bits per heavy atom. The number of hydrogen-bond acceptors (Lipinski definition) is 3. The fraction of sp³-hybridized carbons (Fsp3) is 0.133. The van der Waals surface area contributed by atoms with E-state index in [1.165, 1.54) is 0 Å². The molecule has 0 aliphatic carbocycles. The Morgan fingerprint density at radius 1 is 0.944 bits per heavy atom. The first-order valence-electron chi connectivity index (χ1n) is 5.93. The molecule has 0 atom stereocenters. The highest BCUT2D eigenvalue weighted by Crippen LogP contribution is 2.34. The maximum absolute atomic E-state index is 6.09. The zero-order valence-electron chi connectivity index (χ0n) is 10.5. The van der Waals surface area contributed by atoms with E-state index in [2.05, 4.69) is 24.0 Å². The SMILES string of the molecule is Cc1c(N)c(N)c2nc3ccccc3cc2c1C. The predicted octanol–water partition coefficient (Wildman–Crippen LogP) is 3.17. The molecule has 0 bridgehead atoms. The second-order valence-electron chi connectivity index (χ2n) is 4.65. The third-order valence-corrected chi connectivity index (χ3v) is 3.64. The van der Waals surface area contributed by atoms with Crippen LogP contribution in [-0.4, -0.2) is 4.98 Å². The van der Waals surface area contributed by atoms with Gasteiger partial charge < -0.3 is 11.5 Å². The maximum Gasteiger partial charge on any atom is 0.0963 e. The third-order valence-electron chi connectivity index (χ3n) is 3.64. The van der Waals surface area contributed by atoms with Crippen molar-refractivity contribution >= 4 is 33.2 Å². The van der Waals surface area contributed by atoms with Crippen molar-refractivity contribution in [2.24, 2.45) is 0 Å². The van der Waals surface area contributed by atoms with Gasteiger partial charge in [-0.2, -0.15) is 0 Å². The Hall–Kier alpha value is -2.29. The maximum atomic E-state index is 6.09. The van der Waals surface area contributed by atoms with Gasteiger partial charge in [0.25, 0.3) is 0 Å². The standard InChI is InChI=1S/C15H15N3/c1-8-9(2)13(16)14(17)15-11(8)7-10-5-3-4-6-12(10)18-15/h3-7H,16-17H2,1-2H3. The van der Waals surface area contributed by atoms with Crippen LogP contribution >= 0.6 is 0 Å². The van der Waals surface area contributed by atoms with Crippen molar-refractivity contribution in [2.45, 2.75) is 13.8 Å². The van der Waals surface area contributed by atoms with Crippen molar-refractivity contribution in [3.05, 3.63) is 41.5 Å². The van der Waals surface area contributed by atoms with Gasteiger partial charge in [-0.3, -0.25) is 0 Å². The summed E-state index contributed by atoms with van der Waals surface area (Å²) in [5.74, 6) is 0. The zero-order chi connectivity index (χ0) is 12.9. The molecular weight excluding hydrogens is 222 g/mol. The van der Waals surface area contributed by atoms with Gasteiger partial charge in [0, 0.05) is 10.8 Å². The van der Waals surface area contributed by atoms with Crippen molar-refractivity contribution in [3.63, 3.8) is 0 Å². The van der Waals surface area contributed by atoms with Crippen LogP contribution in [0.1, 0.15) is 11.1 Å². The summed E-state index contributed by atoms with van der Waals surface area (Å²) < 4.78 is 0. The van der Waals surface area contributed by atoms with E-state index >= 15 is 0 Å². The first kappa shape index (κ1) is 10.8. The minimum Gasteiger partial charge on any atom is -0.397 e. The average molecular weight is 237 g/mol. The van der Waals surface area contributed by atoms with Crippen LogP contribution in [0.25, 0.3) is 21.8 Å². The number of pyridine rings is 1. The molecule has 3 aromatic rings. The van der Waals surface area contributed by atoms with Gasteiger partial charge in [0.15, 0.2) is 0 Å². The average Bonchev–Trinajstić information content (AvgIpc) is 2.41. The van der Waals surface area contributed by atoms with Gasteiger partial charge in [-0.05, 0) is 37.1 Å². The summed E-state index contributed by atoms with van der Waals surface area (Å²) in [6.45, 7) is 4.06. The lowest BCUT2D eigenvalue weighted by atomic mass is 9.99. The zero-order valence-corrected chi connectivity index (χ0v) is 10.5. The number of aryl methyl sites for hydroxylation is 1. The number of para-hydroxylation sites is 1. The van der Waals surface area contributed by atoms with Crippen LogP contribution in [0.2, 0.25) is 0 Å².